The lowest BCUT2D eigenvalue weighted by molar-refractivity contribution is 0.0951. The molecule has 4 aromatic rings. The number of nitrogens with one attached hydrogen (secondary N) is 2. The van der Waals surface area contributed by atoms with Crippen molar-refractivity contribution in [3.05, 3.63) is 89.1 Å². The first-order valence-corrected chi connectivity index (χ1v) is 9.69. The van der Waals surface area contributed by atoms with Crippen molar-refractivity contribution < 1.29 is 9.32 Å². The van der Waals surface area contributed by atoms with Crippen molar-refractivity contribution in [1.29, 1.82) is 0 Å². The highest BCUT2D eigenvalue weighted by Gasteiger charge is 2.13. The maximum atomic E-state index is 12.6. The van der Waals surface area contributed by atoms with Gasteiger partial charge in [0.1, 0.15) is 0 Å². The molecule has 0 atom stereocenters. The molecule has 4 rings (SSSR count). The first kappa shape index (κ1) is 17.9. The quantitative estimate of drug-likeness (QED) is 0.491. The number of nitrogens with zero attached hydrogens (tertiary/aromatic N) is 2. The topological polar surface area (TPSA) is 80.0 Å². The summed E-state index contributed by atoms with van der Waals surface area (Å²) in [5.74, 6) is 0.889. The molecular weight excluding hydrogens is 372 g/mol. The zero-order chi connectivity index (χ0) is 19.2. The maximum absolute atomic E-state index is 12.6. The van der Waals surface area contributed by atoms with Crippen LogP contribution < -0.4 is 10.6 Å². The Morgan fingerprint density at radius 1 is 0.964 bits per heavy atom. The van der Waals surface area contributed by atoms with Crippen LogP contribution in [0.2, 0.25) is 0 Å². The van der Waals surface area contributed by atoms with E-state index in [1.807, 2.05) is 66.0 Å². The molecule has 1 amide bonds. The largest absolute Gasteiger partial charge is 0.375 e. The Morgan fingerprint density at radius 2 is 1.79 bits per heavy atom. The van der Waals surface area contributed by atoms with Crippen LogP contribution in [0.4, 0.5) is 5.69 Å². The Morgan fingerprint density at radius 3 is 2.61 bits per heavy atom. The molecule has 2 N–H and O–H groups in total. The summed E-state index contributed by atoms with van der Waals surface area (Å²) < 4.78 is 5.30. The zero-order valence-electron chi connectivity index (χ0n) is 15.0. The number of benzene rings is 2. The second-order valence-electron chi connectivity index (χ2n) is 6.06. The highest BCUT2D eigenvalue weighted by atomic mass is 32.1. The number of rotatable bonds is 7. The van der Waals surface area contributed by atoms with Crippen LogP contribution in [0.5, 0.6) is 0 Å². The molecule has 6 nitrogen and oxygen atoms in total. The van der Waals surface area contributed by atoms with E-state index < -0.39 is 0 Å². The standard InChI is InChI=1S/C21H18N4O2S/c26-21(23-13-15-7-2-1-3-8-15)16-9-4-5-10-17(16)22-14-19-24-20(25-27-19)18-11-6-12-28-18/h1-12,22H,13-14H2,(H,23,26). The van der Waals surface area contributed by atoms with Gasteiger partial charge in [-0.3, -0.25) is 4.79 Å². The van der Waals surface area contributed by atoms with E-state index in [1.165, 1.54) is 0 Å². The predicted molar refractivity (Wildman–Crippen MR) is 109 cm³/mol. The summed E-state index contributed by atoms with van der Waals surface area (Å²) in [4.78, 5) is 18.0. The highest BCUT2D eigenvalue weighted by Crippen LogP contribution is 2.22. The van der Waals surface area contributed by atoms with E-state index in [9.17, 15) is 4.79 Å². The van der Waals surface area contributed by atoms with Gasteiger partial charge in [-0.15, -0.1) is 11.3 Å². The SMILES string of the molecule is O=C(NCc1ccccc1)c1ccccc1NCc1nc(-c2cccs2)no1. The number of aromatic nitrogens is 2. The molecule has 0 radical (unpaired) electrons. The number of amides is 1. The lowest BCUT2D eigenvalue weighted by atomic mass is 10.1. The van der Waals surface area contributed by atoms with Crippen molar-refractivity contribution in [3.63, 3.8) is 0 Å². The monoisotopic (exact) mass is 390 g/mol. The van der Waals surface area contributed by atoms with Crippen LogP contribution in [0.15, 0.2) is 76.6 Å². The third-order valence-corrected chi connectivity index (χ3v) is 4.97. The summed E-state index contributed by atoms with van der Waals surface area (Å²) in [5.41, 5.74) is 2.33. The molecule has 0 bridgehead atoms. The van der Waals surface area contributed by atoms with Crippen molar-refractivity contribution in [2.24, 2.45) is 0 Å². The summed E-state index contributed by atoms with van der Waals surface area (Å²) in [6.07, 6.45) is 0. The summed E-state index contributed by atoms with van der Waals surface area (Å²) >= 11 is 1.56. The van der Waals surface area contributed by atoms with Gasteiger partial charge in [0.05, 0.1) is 17.0 Å². The lowest BCUT2D eigenvalue weighted by Crippen LogP contribution is -2.23. The molecule has 0 fully saturated rings. The number of carbonyl (C=O) groups is 1. The van der Waals surface area contributed by atoms with Crippen LogP contribution in [0.3, 0.4) is 0 Å². The molecule has 7 heteroatoms. The molecule has 140 valence electrons. The van der Waals surface area contributed by atoms with E-state index in [-0.39, 0.29) is 5.91 Å². The molecule has 0 aliphatic rings. The van der Waals surface area contributed by atoms with Gasteiger partial charge in [-0.25, -0.2) is 0 Å². The van der Waals surface area contributed by atoms with Crippen LogP contribution >= 0.6 is 11.3 Å². The molecule has 2 aromatic heterocycles. The van der Waals surface area contributed by atoms with Crippen LogP contribution in [-0.4, -0.2) is 16.0 Å². The van der Waals surface area contributed by atoms with E-state index in [2.05, 4.69) is 20.8 Å². The number of thiophene rings is 1. The molecule has 0 spiro atoms. The Hall–Kier alpha value is -3.45. The third kappa shape index (κ3) is 4.27. The Balaban J connectivity index is 1.41. The lowest BCUT2D eigenvalue weighted by Gasteiger charge is -2.11. The fourth-order valence-corrected chi connectivity index (χ4v) is 3.36. The van der Waals surface area contributed by atoms with Gasteiger partial charge >= 0.3 is 0 Å². The number of hydrogen-bond acceptors (Lipinski definition) is 6. The van der Waals surface area contributed by atoms with Gasteiger partial charge < -0.3 is 15.2 Å². The minimum atomic E-state index is -0.142. The highest BCUT2D eigenvalue weighted by molar-refractivity contribution is 7.13. The Labute approximate surface area is 166 Å². The fourth-order valence-electron chi connectivity index (χ4n) is 2.71. The second-order valence-corrected chi connectivity index (χ2v) is 7.00. The summed E-state index contributed by atoms with van der Waals surface area (Å²) in [5, 5.41) is 12.1. The number of para-hydroxylation sites is 1. The molecule has 28 heavy (non-hydrogen) atoms. The van der Waals surface area contributed by atoms with Gasteiger partial charge in [0, 0.05) is 12.2 Å². The molecule has 0 saturated heterocycles. The van der Waals surface area contributed by atoms with Crippen LogP contribution in [0, 0.1) is 0 Å². The number of anilines is 1. The van der Waals surface area contributed by atoms with Crippen molar-refractivity contribution in [2.75, 3.05) is 5.32 Å². The van der Waals surface area contributed by atoms with Crippen LogP contribution in [-0.2, 0) is 13.1 Å². The first-order chi connectivity index (χ1) is 13.8. The average Bonchev–Trinajstić information content (AvgIpc) is 3.43. The Kier molecular flexibility index (Phi) is 5.44. The second kappa shape index (κ2) is 8.49. The molecule has 2 heterocycles. The van der Waals surface area contributed by atoms with Gasteiger partial charge in [-0.2, -0.15) is 4.98 Å². The summed E-state index contributed by atoms with van der Waals surface area (Å²) in [6.45, 7) is 0.809. The maximum Gasteiger partial charge on any atom is 0.253 e. The van der Waals surface area contributed by atoms with E-state index in [0.29, 0.717) is 36.1 Å². The molecule has 2 aromatic carbocycles. The minimum Gasteiger partial charge on any atom is -0.375 e. The van der Waals surface area contributed by atoms with Gasteiger partial charge in [0.2, 0.25) is 11.7 Å². The van der Waals surface area contributed by atoms with Crippen LogP contribution in [0.1, 0.15) is 21.8 Å². The van der Waals surface area contributed by atoms with Crippen molar-refractivity contribution in [1.82, 2.24) is 15.5 Å². The normalized spacial score (nSPS) is 10.6. The van der Waals surface area contributed by atoms with Crippen molar-refractivity contribution in [2.45, 2.75) is 13.1 Å². The smallest absolute Gasteiger partial charge is 0.253 e. The minimum absolute atomic E-state index is 0.142. The third-order valence-electron chi connectivity index (χ3n) is 4.11. The molecule has 0 aliphatic carbocycles. The zero-order valence-corrected chi connectivity index (χ0v) is 15.8. The van der Waals surface area contributed by atoms with Crippen LogP contribution in [0.25, 0.3) is 10.7 Å². The van der Waals surface area contributed by atoms with E-state index in [4.69, 9.17) is 4.52 Å². The van der Waals surface area contributed by atoms with E-state index in [1.54, 1.807) is 17.4 Å². The molecule has 0 aliphatic heterocycles. The summed E-state index contributed by atoms with van der Waals surface area (Å²) in [6, 6.07) is 21.0. The predicted octanol–water partition coefficient (Wildman–Crippen LogP) is 4.34. The molecule has 0 unspecified atom stereocenters. The van der Waals surface area contributed by atoms with Gasteiger partial charge in [0.25, 0.3) is 5.91 Å². The Bertz CT molecular complexity index is 1050. The molecule has 0 saturated carbocycles. The number of hydrogen-bond donors (Lipinski definition) is 2. The van der Waals surface area contributed by atoms with Gasteiger partial charge in [0.15, 0.2) is 0 Å². The molecular formula is C21H18N4O2S. The first-order valence-electron chi connectivity index (χ1n) is 8.81. The van der Waals surface area contributed by atoms with E-state index >= 15 is 0 Å². The number of carbonyl (C=O) groups excluding carboxylic acids is 1. The van der Waals surface area contributed by atoms with Gasteiger partial charge in [-0.1, -0.05) is 53.7 Å². The van der Waals surface area contributed by atoms with Gasteiger partial charge in [-0.05, 0) is 29.1 Å². The van der Waals surface area contributed by atoms with Crippen molar-refractivity contribution >= 4 is 22.9 Å². The summed E-state index contributed by atoms with van der Waals surface area (Å²) in [7, 11) is 0. The van der Waals surface area contributed by atoms with Crippen molar-refractivity contribution in [3.8, 4) is 10.7 Å². The average molecular weight is 390 g/mol. The fraction of sp³-hybridized carbons (Fsp3) is 0.0952. The van der Waals surface area contributed by atoms with E-state index in [0.717, 1.165) is 10.4 Å².